The summed E-state index contributed by atoms with van der Waals surface area (Å²) in [6.07, 6.45) is 0. The molecular formula is C27H23N5O3S. The van der Waals surface area contributed by atoms with Crippen LogP contribution in [0.2, 0.25) is 0 Å². The first-order chi connectivity index (χ1) is 17.6. The number of fused-ring (bicyclic) bond motifs is 1. The summed E-state index contributed by atoms with van der Waals surface area (Å²) >= 11 is 1.15. The van der Waals surface area contributed by atoms with Crippen molar-refractivity contribution in [1.82, 2.24) is 25.3 Å². The molecule has 1 atom stereocenters. The third-order valence-corrected chi connectivity index (χ3v) is 6.47. The molecule has 0 saturated carbocycles. The number of rotatable bonds is 8. The van der Waals surface area contributed by atoms with Crippen molar-refractivity contribution >= 4 is 28.4 Å². The van der Waals surface area contributed by atoms with Gasteiger partial charge >= 0.3 is 0 Å². The molecule has 36 heavy (non-hydrogen) atoms. The van der Waals surface area contributed by atoms with E-state index in [1.165, 1.54) is 4.68 Å². The van der Waals surface area contributed by atoms with Gasteiger partial charge in [-0.25, -0.2) is 4.68 Å². The van der Waals surface area contributed by atoms with Gasteiger partial charge in [-0.2, -0.15) is 5.10 Å². The molecular weight excluding hydrogens is 474 g/mol. The summed E-state index contributed by atoms with van der Waals surface area (Å²) in [5, 5.41) is 17.2. The standard InChI is InChI=1S/C27H23N5O3S/c1-18(20-12-6-3-7-13-20)28-23(33)17-36-27-30-29-25(35-27)24-21-14-8-9-15-22(21)26(34)32(31-24)16-19-10-4-2-5-11-19/h2-15,18H,16-17H2,1H3,(H,28,33)/t18-/m1/s1. The van der Waals surface area contributed by atoms with Crippen LogP contribution in [0.3, 0.4) is 0 Å². The molecule has 180 valence electrons. The normalized spacial score (nSPS) is 11.9. The predicted octanol–water partition coefficient (Wildman–Crippen LogP) is 4.46. The second kappa shape index (κ2) is 10.6. The van der Waals surface area contributed by atoms with Crippen LogP contribution in [0.25, 0.3) is 22.4 Å². The summed E-state index contributed by atoms with van der Waals surface area (Å²) in [5.74, 6) is 0.171. The molecule has 2 heterocycles. The van der Waals surface area contributed by atoms with E-state index in [0.29, 0.717) is 23.0 Å². The smallest absolute Gasteiger partial charge is 0.277 e. The molecule has 0 spiro atoms. The van der Waals surface area contributed by atoms with E-state index in [1.54, 1.807) is 12.1 Å². The Morgan fingerprint density at radius 3 is 2.36 bits per heavy atom. The number of hydrogen-bond donors (Lipinski definition) is 1. The maximum absolute atomic E-state index is 13.1. The van der Waals surface area contributed by atoms with Crippen LogP contribution < -0.4 is 10.9 Å². The highest BCUT2D eigenvalue weighted by Crippen LogP contribution is 2.26. The molecule has 0 unspecified atom stereocenters. The van der Waals surface area contributed by atoms with Gasteiger partial charge < -0.3 is 9.73 Å². The Balaban J connectivity index is 1.35. The minimum atomic E-state index is -0.198. The Bertz CT molecular complexity index is 1550. The average molecular weight is 498 g/mol. The van der Waals surface area contributed by atoms with Crippen molar-refractivity contribution in [2.24, 2.45) is 0 Å². The van der Waals surface area contributed by atoms with E-state index in [0.717, 1.165) is 22.9 Å². The zero-order chi connectivity index (χ0) is 24.9. The van der Waals surface area contributed by atoms with Crippen molar-refractivity contribution in [3.63, 3.8) is 0 Å². The Kier molecular flexibility index (Phi) is 6.90. The van der Waals surface area contributed by atoms with Gasteiger partial charge in [0.05, 0.1) is 23.7 Å². The van der Waals surface area contributed by atoms with Crippen molar-refractivity contribution in [3.8, 4) is 11.6 Å². The van der Waals surface area contributed by atoms with Gasteiger partial charge in [0.25, 0.3) is 16.7 Å². The van der Waals surface area contributed by atoms with E-state index in [9.17, 15) is 9.59 Å². The molecule has 8 nitrogen and oxygen atoms in total. The molecule has 3 aromatic carbocycles. The van der Waals surface area contributed by atoms with Crippen LogP contribution in [-0.2, 0) is 11.3 Å². The molecule has 1 N–H and O–H groups in total. The summed E-state index contributed by atoms with van der Waals surface area (Å²) in [7, 11) is 0. The van der Waals surface area contributed by atoms with Crippen molar-refractivity contribution in [1.29, 1.82) is 0 Å². The molecule has 0 radical (unpaired) electrons. The summed E-state index contributed by atoms with van der Waals surface area (Å²) in [6.45, 7) is 2.25. The van der Waals surface area contributed by atoms with Crippen LogP contribution in [0, 0.1) is 0 Å². The van der Waals surface area contributed by atoms with Crippen LogP contribution in [0.4, 0.5) is 0 Å². The van der Waals surface area contributed by atoms with Gasteiger partial charge in [0, 0.05) is 5.39 Å². The number of amides is 1. The van der Waals surface area contributed by atoms with Crippen LogP contribution in [0.15, 0.2) is 99.4 Å². The molecule has 2 aromatic heterocycles. The van der Waals surface area contributed by atoms with Crippen molar-refractivity contribution in [2.75, 3.05) is 5.75 Å². The van der Waals surface area contributed by atoms with Gasteiger partial charge in [0.15, 0.2) is 5.69 Å². The summed E-state index contributed by atoms with van der Waals surface area (Å²) < 4.78 is 7.25. The third-order valence-electron chi connectivity index (χ3n) is 5.66. The van der Waals surface area contributed by atoms with Crippen LogP contribution in [0.5, 0.6) is 0 Å². The van der Waals surface area contributed by atoms with E-state index >= 15 is 0 Å². The minimum Gasteiger partial charge on any atom is -0.409 e. The first-order valence-electron chi connectivity index (χ1n) is 11.4. The lowest BCUT2D eigenvalue weighted by molar-refractivity contribution is -0.119. The van der Waals surface area contributed by atoms with Crippen molar-refractivity contribution in [2.45, 2.75) is 24.7 Å². The van der Waals surface area contributed by atoms with Gasteiger partial charge in [-0.1, -0.05) is 90.6 Å². The van der Waals surface area contributed by atoms with Crippen LogP contribution >= 0.6 is 11.8 Å². The monoisotopic (exact) mass is 497 g/mol. The van der Waals surface area contributed by atoms with Crippen LogP contribution in [0.1, 0.15) is 24.1 Å². The van der Waals surface area contributed by atoms with Gasteiger partial charge in [-0.15, -0.1) is 10.2 Å². The molecule has 5 rings (SSSR count). The SMILES string of the molecule is C[C@@H](NC(=O)CSc1nnc(-c2nn(Cc3ccccc3)c(=O)c3ccccc23)o1)c1ccccc1. The second-order valence-electron chi connectivity index (χ2n) is 8.20. The molecule has 9 heteroatoms. The highest BCUT2D eigenvalue weighted by Gasteiger charge is 2.19. The first-order valence-corrected chi connectivity index (χ1v) is 12.4. The molecule has 0 aliphatic carbocycles. The molecule has 1 amide bonds. The van der Waals surface area contributed by atoms with E-state index in [2.05, 4.69) is 20.6 Å². The number of nitrogens with one attached hydrogen (secondary N) is 1. The predicted molar refractivity (Wildman–Crippen MR) is 139 cm³/mol. The Morgan fingerprint density at radius 1 is 0.944 bits per heavy atom. The lowest BCUT2D eigenvalue weighted by atomic mass is 10.1. The average Bonchev–Trinajstić information content (AvgIpc) is 3.39. The highest BCUT2D eigenvalue weighted by molar-refractivity contribution is 7.99. The van der Waals surface area contributed by atoms with Gasteiger partial charge in [-0.3, -0.25) is 9.59 Å². The number of thioether (sulfide) groups is 1. The zero-order valence-electron chi connectivity index (χ0n) is 19.5. The third kappa shape index (κ3) is 5.21. The number of carbonyl (C=O) groups is 1. The first kappa shape index (κ1) is 23.5. The number of carbonyl (C=O) groups excluding carboxylic acids is 1. The largest absolute Gasteiger partial charge is 0.409 e. The van der Waals surface area contributed by atoms with Crippen molar-refractivity contribution < 1.29 is 9.21 Å². The van der Waals surface area contributed by atoms with Gasteiger partial charge in [-0.05, 0) is 24.1 Å². The molecule has 0 fully saturated rings. The number of nitrogens with zero attached hydrogens (tertiary/aromatic N) is 4. The van der Waals surface area contributed by atoms with E-state index in [1.807, 2.05) is 79.7 Å². The molecule has 5 aromatic rings. The Hall–Kier alpha value is -4.24. The number of benzene rings is 3. The maximum atomic E-state index is 13.1. The Labute approximate surface area is 211 Å². The molecule has 0 bridgehead atoms. The lowest BCUT2D eigenvalue weighted by Gasteiger charge is -2.13. The van der Waals surface area contributed by atoms with E-state index < -0.39 is 0 Å². The van der Waals surface area contributed by atoms with Crippen molar-refractivity contribution in [3.05, 3.63) is 106 Å². The fourth-order valence-electron chi connectivity index (χ4n) is 3.86. The summed E-state index contributed by atoms with van der Waals surface area (Å²) in [4.78, 5) is 25.5. The van der Waals surface area contributed by atoms with Crippen LogP contribution in [-0.4, -0.2) is 31.6 Å². The fourth-order valence-corrected chi connectivity index (χ4v) is 4.43. The lowest BCUT2D eigenvalue weighted by Crippen LogP contribution is -2.28. The van der Waals surface area contributed by atoms with Gasteiger partial charge in [0.2, 0.25) is 5.91 Å². The Morgan fingerprint density at radius 2 is 1.61 bits per heavy atom. The molecule has 0 saturated heterocycles. The van der Waals surface area contributed by atoms with E-state index in [4.69, 9.17) is 4.42 Å². The highest BCUT2D eigenvalue weighted by atomic mass is 32.2. The zero-order valence-corrected chi connectivity index (χ0v) is 20.3. The van der Waals surface area contributed by atoms with E-state index in [-0.39, 0.29) is 34.4 Å². The summed E-state index contributed by atoms with van der Waals surface area (Å²) in [6, 6.07) is 26.5. The topological polar surface area (TPSA) is 103 Å². The fraction of sp³-hybridized carbons (Fsp3) is 0.148. The number of aromatic nitrogens is 4. The minimum absolute atomic E-state index is 0.112. The second-order valence-corrected chi connectivity index (χ2v) is 9.13. The summed E-state index contributed by atoms with van der Waals surface area (Å²) in [5.41, 5.74) is 2.20. The molecule has 0 aliphatic heterocycles. The molecule has 0 aliphatic rings. The number of hydrogen-bond acceptors (Lipinski definition) is 7. The quantitative estimate of drug-likeness (QED) is 0.316. The van der Waals surface area contributed by atoms with Gasteiger partial charge in [0.1, 0.15) is 0 Å². The maximum Gasteiger partial charge on any atom is 0.277 e.